The molecule has 1 aromatic carbocycles. The van der Waals surface area contributed by atoms with Crippen LogP contribution < -0.4 is 20.9 Å². The fourth-order valence-corrected chi connectivity index (χ4v) is 2.29. The highest BCUT2D eigenvalue weighted by Gasteiger charge is 2.09. The molecule has 6 N–H and O–H groups in total. The minimum atomic E-state index is -3.77. The second-order valence-corrected chi connectivity index (χ2v) is 5.75. The second kappa shape index (κ2) is 8.05. The molecule has 0 fully saturated rings. The first-order valence-electron chi connectivity index (χ1n) is 6.30. The third kappa shape index (κ3) is 6.71. The van der Waals surface area contributed by atoms with Gasteiger partial charge < -0.3 is 15.8 Å². The summed E-state index contributed by atoms with van der Waals surface area (Å²) < 4.78 is 29.4. The predicted molar refractivity (Wildman–Crippen MR) is 80.7 cm³/mol. The molecule has 1 atom stereocenters. The van der Waals surface area contributed by atoms with Gasteiger partial charge in [-0.05, 0) is 37.6 Å². The molecular formula is C12H22N4O3S. The van der Waals surface area contributed by atoms with Crippen LogP contribution in [0, 0.1) is 0 Å². The fraction of sp³-hybridized carbons (Fsp3) is 0.500. The maximum Gasteiger partial charge on any atom is 0.296 e. The molecule has 0 radical (unpaired) electrons. The van der Waals surface area contributed by atoms with Crippen molar-refractivity contribution in [1.82, 2.24) is 0 Å². The first-order chi connectivity index (χ1) is 9.44. The molecule has 1 rings (SSSR count). The molecule has 0 saturated heterocycles. The topological polar surface area (TPSA) is 119 Å². The van der Waals surface area contributed by atoms with Gasteiger partial charge in [0.05, 0.1) is 12.3 Å². The van der Waals surface area contributed by atoms with Gasteiger partial charge in [-0.2, -0.15) is 8.42 Å². The molecule has 0 bridgehead atoms. The third-order valence-electron chi connectivity index (χ3n) is 2.62. The number of hydrogen-bond donors (Lipinski definition) is 4. The van der Waals surface area contributed by atoms with Crippen molar-refractivity contribution in [2.45, 2.75) is 18.9 Å². The molecule has 0 aromatic heterocycles. The summed E-state index contributed by atoms with van der Waals surface area (Å²) in [5, 5.41) is 8.22. The van der Waals surface area contributed by atoms with Crippen molar-refractivity contribution in [1.29, 1.82) is 0 Å². The number of nitrogens with one attached hydrogen (secondary N) is 2. The van der Waals surface area contributed by atoms with E-state index < -0.39 is 10.2 Å². The number of hydrogen-bond acceptors (Lipinski definition) is 5. The molecular weight excluding hydrogens is 280 g/mol. The van der Waals surface area contributed by atoms with Crippen molar-refractivity contribution in [2.75, 3.05) is 30.3 Å². The Kier molecular flexibility index (Phi) is 6.73. The molecule has 0 aliphatic heterocycles. The molecule has 8 heteroatoms. The van der Waals surface area contributed by atoms with Crippen molar-refractivity contribution in [3.8, 4) is 0 Å². The highest BCUT2D eigenvalue weighted by molar-refractivity contribution is 7.90. The average Bonchev–Trinajstić information content (AvgIpc) is 2.34. The minimum Gasteiger partial charge on any atom is -0.383 e. The van der Waals surface area contributed by atoms with E-state index >= 15 is 0 Å². The molecule has 0 amide bonds. The number of ether oxygens (including phenoxy) is 1. The number of methoxy groups -OCH3 is 1. The van der Waals surface area contributed by atoms with Crippen LogP contribution in [0.2, 0.25) is 0 Å². The lowest BCUT2D eigenvalue weighted by Gasteiger charge is -2.19. The van der Waals surface area contributed by atoms with Crippen LogP contribution in [0.1, 0.15) is 12.8 Å². The Morgan fingerprint density at radius 3 is 2.65 bits per heavy atom. The SMILES string of the molecule is COCC(CCCN)Nc1cccc(NS(N)(=O)=O)c1. The van der Waals surface area contributed by atoms with Gasteiger partial charge in [0.2, 0.25) is 0 Å². The Bertz CT molecular complexity index is 507. The monoisotopic (exact) mass is 302 g/mol. The summed E-state index contributed by atoms with van der Waals surface area (Å²) in [5.41, 5.74) is 6.70. The van der Waals surface area contributed by atoms with Gasteiger partial charge in [0.25, 0.3) is 10.2 Å². The Balaban J connectivity index is 2.72. The number of benzene rings is 1. The van der Waals surface area contributed by atoms with Gasteiger partial charge in [-0.3, -0.25) is 4.72 Å². The molecule has 0 saturated carbocycles. The van der Waals surface area contributed by atoms with Gasteiger partial charge in [0.1, 0.15) is 0 Å². The van der Waals surface area contributed by atoms with Gasteiger partial charge >= 0.3 is 0 Å². The van der Waals surface area contributed by atoms with E-state index in [4.69, 9.17) is 15.6 Å². The number of nitrogens with two attached hydrogens (primary N) is 2. The zero-order valence-electron chi connectivity index (χ0n) is 11.5. The Morgan fingerprint density at radius 1 is 1.35 bits per heavy atom. The van der Waals surface area contributed by atoms with E-state index in [1.54, 1.807) is 25.3 Å². The molecule has 1 aromatic rings. The van der Waals surface area contributed by atoms with Crippen LogP contribution in [-0.4, -0.2) is 34.7 Å². The summed E-state index contributed by atoms with van der Waals surface area (Å²) in [7, 11) is -2.13. The molecule has 1 unspecified atom stereocenters. The molecule has 0 aliphatic rings. The lowest BCUT2D eigenvalue weighted by Crippen LogP contribution is -2.26. The van der Waals surface area contributed by atoms with Crippen molar-refractivity contribution in [3.63, 3.8) is 0 Å². The Hall–Kier alpha value is -1.35. The molecule has 0 aliphatic carbocycles. The fourth-order valence-electron chi connectivity index (χ4n) is 1.84. The predicted octanol–water partition coefficient (Wildman–Crippen LogP) is 0.468. The van der Waals surface area contributed by atoms with Crippen molar-refractivity contribution >= 4 is 21.6 Å². The summed E-state index contributed by atoms with van der Waals surface area (Å²) in [5.74, 6) is 0. The quantitative estimate of drug-likeness (QED) is 0.528. The lowest BCUT2D eigenvalue weighted by molar-refractivity contribution is 0.182. The van der Waals surface area contributed by atoms with Gasteiger partial charge in [-0.25, -0.2) is 5.14 Å². The smallest absolute Gasteiger partial charge is 0.296 e. The van der Waals surface area contributed by atoms with E-state index in [1.807, 2.05) is 6.07 Å². The van der Waals surface area contributed by atoms with Crippen molar-refractivity contribution in [3.05, 3.63) is 24.3 Å². The minimum absolute atomic E-state index is 0.119. The maximum absolute atomic E-state index is 11.0. The third-order valence-corrected chi connectivity index (χ3v) is 3.14. The van der Waals surface area contributed by atoms with Crippen LogP contribution in [0.25, 0.3) is 0 Å². The van der Waals surface area contributed by atoms with Crippen LogP contribution in [0.5, 0.6) is 0 Å². The number of anilines is 2. The van der Waals surface area contributed by atoms with Crippen LogP contribution in [0.3, 0.4) is 0 Å². The zero-order chi connectivity index (χ0) is 15.0. The summed E-state index contributed by atoms with van der Waals surface area (Å²) >= 11 is 0. The largest absolute Gasteiger partial charge is 0.383 e. The first-order valence-corrected chi connectivity index (χ1v) is 7.85. The summed E-state index contributed by atoms with van der Waals surface area (Å²) in [6.45, 7) is 1.17. The molecule has 0 heterocycles. The Morgan fingerprint density at radius 2 is 2.05 bits per heavy atom. The van der Waals surface area contributed by atoms with Crippen LogP contribution in [-0.2, 0) is 14.9 Å². The zero-order valence-corrected chi connectivity index (χ0v) is 12.3. The summed E-state index contributed by atoms with van der Waals surface area (Å²) in [4.78, 5) is 0. The maximum atomic E-state index is 11.0. The standard InChI is InChI=1S/C12H22N4O3S/c1-19-9-12(6-3-7-13)15-10-4-2-5-11(8-10)16-20(14,17)18/h2,4-5,8,12,15-16H,3,6-7,9,13H2,1H3,(H2,14,17,18). The highest BCUT2D eigenvalue weighted by Crippen LogP contribution is 2.17. The van der Waals surface area contributed by atoms with E-state index in [-0.39, 0.29) is 6.04 Å². The van der Waals surface area contributed by atoms with Gasteiger partial charge in [0.15, 0.2) is 0 Å². The van der Waals surface area contributed by atoms with E-state index in [0.29, 0.717) is 18.8 Å². The average molecular weight is 302 g/mol. The Labute approximate surface area is 119 Å². The number of rotatable bonds is 9. The summed E-state index contributed by atoms with van der Waals surface area (Å²) in [6.07, 6.45) is 1.76. The van der Waals surface area contributed by atoms with E-state index in [2.05, 4.69) is 10.0 Å². The van der Waals surface area contributed by atoms with Gasteiger partial charge in [-0.1, -0.05) is 6.07 Å². The molecule has 20 heavy (non-hydrogen) atoms. The first kappa shape index (κ1) is 16.7. The van der Waals surface area contributed by atoms with Crippen molar-refractivity contribution < 1.29 is 13.2 Å². The summed E-state index contributed by atoms with van der Waals surface area (Å²) in [6, 6.07) is 7.01. The highest BCUT2D eigenvalue weighted by atomic mass is 32.2. The van der Waals surface area contributed by atoms with Crippen LogP contribution in [0.15, 0.2) is 24.3 Å². The van der Waals surface area contributed by atoms with Crippen LogP contribution in [0.4, 0.5) is 11.4 Å². The molecule has 114 valence electrons. The van der Waals surface area contributed by atoms with E-state index in [9.17, 15) is 8.42 Å². The van der Waals surface area contributed by atoms with Crippen LogP contribution >= 0.6 is 0 Å². The second-order valence-electron chi connectivity index (χ2n) is 4.46. The lowest BCUT2D eigenvalue weighted by atomic mass is 10.1. The van der Waals surface area contributed by atoms with E-state index in [0.717, 1.165) is 18.5 Å². The van der Waals surface area contributed by atoms with E-state index in [1.165, 1.54) is 0 Å². The van der Waals surface area contributed by atoms with Gasteiger partial charge in [-0.15, -0.1) is 0 Å². The molecule has 0 spiro atoms. The normalized spacial score (nSPS) is 12.9. The van der Waals surface area contributed by atoms with Gasteiger partial charge in [0, 0.05) is 18.8 Å². The van der Waals surface area contributed by atoms with Crippen molar-refractivity contribution in [2.24, 2.45) is 10.9 Å². The molecule has 7 nitrogen and oxygen atoms in total.